The van der Waals surface area contributed by atoms with Crippen molar-refractivity contribution in [2.75, 3.05) is 13.1 Å². The molecule has 0 amide bonds. The highest BCUT2D eigenvalue weighted by atomic mass is 16.4. The maximum absolute atomic E-state index is 11.2. The van der Waals surface area contributed by atoms with Crippen LogP contribution < -0.4 is 0 Å². The van der Waals surface area contributed by atoms with E-state index in [2.05, 4.69) is 18.7 Å². The lowest BCUT2D eigenvalue weighted by molar-refractivity contribution is -0.143. The number of carbonyl (C=O) groups is 1. The fraction of sp³-hybridized carbons (Fsp3) is 0.923. The van der Waals surface area contributed by atoms with Gasteiger partial charge in [-0.3, -0.25) is 9.69 Å². The number of aliphatic carboxylic acids is 1. The topological polar surface area (TPSA) is 40.5 Å². The molecule has 0 aromatic rings. The molecule has 92 valence electrons. The monoisotopic (exact) mass is 225 g/mol. The second-order valence-corrected chi connectivity index (χ2v) is 6.14. The predicted octanol–water partition coefficient (Wildman–Crippen LogP) is 2.36. The van der Waals surface area contributed by atoms with E-state index < -0.39 is 5.97 Å². The summed E-state index contributed by atoms with van der Waals surface area (Å²) in [6.45, 7) is 6.80. The van der Waals surface area contributed by atoms with E-state index in [0.29, 0.717) is 11.5 Å². The van der Waals surface area contributed by atoms with Gasteiger partial charge in [0.15, 0.2) is 0 Å². The summed E-state index contributed by atoms with van der Waals surface area (Å²) in [6.07, 6.45) is 5.45. The highest BCUT2D eigenvalue weighted by Crippen LogP contribution is 2.36. The molecule has 2 fully saturated rings. The summed E-state index contributed by atoms with van der Waals surface area (Å²) in [7, 11) is 0. The van der Waals surface area contributed by atoms with Crippen LogP contribution in [0.5, 0.6) is 0 Å². The molecule has 16 heavy (non-hydrogen) atoms. The lowest BCUT2D eigenvalue weighted by atomic mass is 9.82. The van der Waals surface area contributed by atoms with Gasteiger partial charge >= 0.3 is 5.97 Å². The molecule has 2 aliphatic rings. The maximum Gasteiger partial charge on any atom is 0.308 e. The number of carboxylic acid groups (broad SMARTS) is 1. The number of carboxylic acids is 1. The molecule has 3 heteroatoms. The average molecular weight is 225 g/mol. The van der Waals surface area contributed by atoms with Gasteiger partial charge in [0.05, 0.1) is 5.92 Å². The van der Waals surface area contributed by atoms with Gasteiger partial charge in [0.2, 0.25) is 0 Å². The van der Waals surface area contributed by atoms with Crippen LogP contribution in [0.4, 0.5) is 0 Å². The quantitative estimate of drug-likeness (QED) is 0.784. The summed E-state index contributed by atoms with van der Waals surface area (Å²) in [4.78, 5) is 13.6. The van der Waals surface area contributed by atoms with Gasteiger partial charge in [-0.15, -0.1) is 0 Å². The smallest absolute Gasteiger partial charge is 0.308 e. The second kappa shape index (κ2) is 4.36. The van der Waals surface area contributed by atoms with Gasteiger partial charge in [-0.1, -0.05) is 20.3 Å². The molecular weight excluding hydrogens is 202 g/mol. The molecule has 0 spiro atoms. The lowest BCUT2D eigenvalue weighted by Crippen LogP contribution is -2.46. The van der Waals surface area contributed by atoms with Crippen LogP contribution in [0.2, 0.25) is 0 Å². The van der Waals surface area contributed by atoms with Gasteiger partial charge in [0, 0.05) is 6.04 Å². The van der Waals surface area contributed by atoms with Crippen LogP contribution in [-0.4, -0.2) is 35.1 Å². The maximum atomic E-state index is 11.2. The van der Waals surface area contributed by atoms with Crippen LogP contribution in [0.1, 0.15) is 46.0 Å². The molecule has 2 atom stereocenters. The summed E-state index contributed by atoms with van der Waals surface area (Å²) in [5.41, 5.74) is 0.452. The molecule has 1 heterocycles. The standard InChI is InChI=1S/C13H23NO2/c1-13(2)6-8-14(9-7-13)11-5-3-4-10(11)12(15)16/h10-11H,3-9H2,1-2H3,(H,15,16). The van der Waals surface area contributed by atoms with Crippen LogP contribution >= 0.6 is 0 Å². The minimum atomic E-state index is -0.590. The van der Waals surface area contributed by atoms with Crippen LogP contribution in [0, 0.1) is 11.3 Å². The summed E-state index contributed by atoms with van der Waals surface area (Å²) in [5.74, 6) is -0.700. The van der Waals surface area contributed by atoms with E-state index in [4.69, 9.17) is 0 Å². The molecule has 0 bridgehead atoms. The summed E-state index contributed by atoms with van der Waals surface area (Å²) in [5, 5.41) is 9.19. The molecule has 0 radical (unpaired) electrons. The van der Waals surface area contributed by atoms with Crippen molar-refractivity contribution in [1.29, 1.82) is 0 Å². The second-order valence-electron chi connectivity index (χ2n) is 6.14. The molecule has 1 aliphatic heterocycles. The summed E-state index contributed by atoms with van der Waals surface area (Å²) < 4.78 is 0. The van der Waals surface area contributed by atoms with Crippen molar-refractivity contribution in [2.24, 2.45) is 11.3 Å². The zero-order valence-electron chi connectivity index (χ0n) is 10.4. The Kier molecular flexibility index (Phi) is 3.24. The Morgan fingerprint density at radius 2 is 1.88 bits per heavy atom. The molecular formula is C13H23NO2. The number of rotatable bonds is 2. The first-order valence-corrected chi connectivity index (χ1v) is 6.46. The minimum Gasteiger partial charge on any atom is -0.481 e. The van der Waals surface area contributed by atoms with Crippen molar-refractivity contribution in [3.8, 4) is 0 Å². The fourth-order valence-corrected chi connectivity index (χ4v) is 3.13. The SMILES string of the molecule is CC1(C)CCN(C2CCCC2C(=O)O)CC1. The van der Waals surface area contributed by atoms with Gasteiger partial charge in [-0.2, -0.15) is 0 Å². The van der Waals surface area contributed by atoms with E-state index >= 15 is 0 Å². The van der Waals surface area contributed by atoms with E-state index in [9.17, 15) is 9.90 Å². The number of hydrogen-bond acceptors (Lipinski definition) is 2. The highest BCUT2D eigenvalue weighted by Gasteiger charge is 2.39. The minimum absolute atomic E-state index is 0.110. The van der Waals surface area contributed by atoms with Crippen molar-refractivity contribution >= 4 is 5.97 Å². The number of likely N-dealkylation sites (tertiary alicyclic amines) is 1. The Morgan fingerprint density at radius 1 is 1.25 bits per heavy atom. The van der Waals surface area contributed by atoms with E-state index in [1.165, 1.54) is 12.8 Å². The number of nitrogens with zero attached hydrogens (tertiary/aromatic N) is 1. The Morgan fingerprint density at radius 3 is 2.44 bits per heavy atom. The molecule has 1 saturated carbocycles. The number of hydrogen-bond donors (Lipinski definition) is 1. The highest BCUT2D eigenvalue weighted by molar-refractivity contribution is 5.71. The van der Waals surface area contributed by atoms with Crippen molar-refractivity contribution < 1.29 is 9.90 Å². The molecule has 1 N–H and O–H groups in total. The molecule has 0 aromatic heterocycles. The Hall–Kier alpha value is -0.570. The van der Waals surface area contributed by atoms with Crippen LogP contribution in [-0.2, 0) is 4.79 Å². The zero-order chi connectivity index (χ0) is 11.8. The van der Waals surface area contributed by atoms with Crippen molar-refractivity contribution in [3.63, 3.8) is 0 Å². The predicted molar refractivity (Wildman–Crippen MR) is 63.4 cm³/mol. The van der Waals surface area contributed by atoms with E-state index in [-0.39, 0.29) is 5.92 Å². The van der Waals surface area contributed by atoms with Crippen molar-refractivity contribution in [1.82, 2.24) is 4.90 Å². The molecule has 2 rings (SSSR count). The van der Waals surface area contributed by atoms with Crippen molar-refractivity contribution in [3.05, 3.63) is 0 Å². The molecule has 1 saturated heterocycles. The average Bonchev–Trinajstić information content (AvgIpc) is 2.66. The molecule has 1 aliphatic carbocycles. The third-order valence-corrected chi connectivity index (χ3v) is 4.42. The largest absolute Gasteiger partial charge is 0.481 e. The van der Waals surface area contributed by atoms with E-state index in [1.54, 1.807) is 0 Å². The molecule has 0 aromatic carbocycles. The Balaban J connectivity index is 1.96. The summed E-state index contributed by atoms with van der Waals surface area (Å²) >= 11 is 0. The molecule has 2 unspecified atom stereocenters. The first kappa shape index (κ1) is 11.9. The van der Waals surface area contributed by atoms with Gasteiger partial charge in [0.25, 0.3) is 0 Å². The van der Waals surface area contributed by atoms with Gasteiger partial charge in [0.1, 0.15) is 0 Å². The van der Waals surface area contributed by atoms with E-state index in [1.807, 2.05) is 0 Å². The van der Waals surface area contributed by atoms with Crippen molar-refractivity contribution in [2.45, 2.75) is 52.0 Å². The third-order valence-electron chi connectivity index (χ3n) is 4.42. The van der Waals surface area contributed by atoms with Crippen LogP contribution in [0.25, 0.3) is 0 Å². The van der Waals surface area contributed by atoms with Crippen LogP contribution in [0.15, 0.2) is 0 Å². The van der Waals surface area contributed by atoms with E-state index in [0.717, 1.165) is 32.4 Å². The Labute approximate surface area is 97.8 Å². The first-order chi connectivity index (χ1) is 7.49. The molecule has 3 nitrogen and oxygen atoms in total. The van der Waals surface area contributed by atoms with Gasteiger partial charge in [-0.25, -0.2) is 0 Å². The lowest BCUT2D eigenvalue weighted by Gasteiger charge is -2.41. The summed E-state index contributed by atoms with van der Waals surface area (Å²) in [6, 6.07) is 0.314. The van der Waals surface area contributed by atoms with Crippen LogP contribution in [0.3, 0.4) is 0 Å². The fourth-order valence-electron chi connectivity index (χ4n) is 3.13. The first-order valence-electron chi connectivity index (χ1n) is 6.46. The van der Waals surface area contributed by atoms with Gasteiger partial charge in [-0.05, 0) is 44.2 Å². The third kappa shape index (κ3) is 2.40. The normalized spacial score (nSPS) is 35.1. The zero-order valence-corrected chi connectivity index (χ0v) is 10.4. The number of piperidine rings is 1. The Bertz CT molecular complexity index is 265. The van der Waals surface area contributed by atoms with Gasteiger partial charge < -0.3 is 5.11 Å².